The lowest BCUT2D eigenvalue weighted by atomic mass is 10.2. The first-order valence-corrected chi connectivity index (χ1v) is 11.5. The van der Waals surface area contributed by atoms with Gasteiger partial charge in [0.25, 0.3) is 5.91 Å². The van der Waals surface area contributed by atoms with Gasteiger partial charge in [-0.05, 0) is 56.3 Å². The van der Waals surface area contributed by atoms with Gasteiger partial charge in [-0.3, -0.25) is 4.79 Å². The van der Waals surface area contributed by atoms with Crippen LogP contribution in [0.2, 0.25) is 0 Å². The number of carbonyl (C=O) groups excluding carboxylic acids is 1. The molecule has 1 fully saturated rings. The molecule has 1 aliphatic rings. The van der Waals surface area contributed by atoms with E-state index in [1.807, 2.05) is 26.0 Å². The topological polar surface area (TPSA) is 88.6 Å². The highest BCUT2D eigenvalue weighted by atomic mass is 32.2. The lowest BCUT2D eigenvalue weighted by molar-refractivity contribution is -0.0440. The molecule has 3 aromatic rings. The molecule has 29 heavy (non-hydrogen) atoms. The van der Waals surface area contributed by atoms with Crippen LogP contribution in [0.1, 0.15) is 24.2 Å². The van der Waals surface area contributed by atoms with Crippen LogP contribution in [0.3, 0.4) is 0 Å². The molecule has 9 heteroatoms. The third-order valence-electron chi connectivity index (χ3n) is 4.73. The van der Waals surface area contributed by atoms with Gasteiger partial charge in [-0.15, -0.1) is 11.3 Å². The zero-order valence-corrected chi connectivity index (χ0v) is 17.7. The molecule has 0 radical (unpaired) electrons. The Hall–Kier alpha value is -2.33. The Morgan fingerprint density at radius 1 is 1.14 bits per heavy atom. The number of nitrogens with zero attached hydrogens (tertiary/aromatic N) is 2. The van der Waals surface area contributed by atoms with Crippen LogP contribution in [0.25, 0.3) is 10.2 Å². The van der Waals surface area contributed by atoms with E-state index in [9.17, 15) is 13.2 Å². The van der Waals surface area contributed by atoms with Crippen molar-refractivity contribution in [3.63, 3.8) is 0 Å². The summed E-state index contributed by atoms with van der Waals surface area (Å²) in [6.45, 7) is 4.34. The van der Waals surface area contributed by atoms with Crippen molar-refractivity contribution in [3.8, 4) is 0 Å². The number of nitrogens with one attached hydrogen (secondary N) is 1. The van der Waals surface area contributed by atoms with Crippen LogP contribution in [-0.2, 0) is 14.8 Å². The van der Waals surface area contributed by atoms with Crippen LogP contribution in [0, 0.1) is 0 Å². The van der Waals surface area contributed by atoms with Gasteiger partial charge in [-0.25, -0.2) is 13.4 Å². The van der Waals surface area contributed by atoms with Crippen molar-refractivity contribution in [2.45, 2.75) is 31.0 Å². The summed E-state index contributed by atoms with van der Waals surface area (Å²) in [6.07, 6.45) is -0.316. The number of ether oxygens (including phenoxy) is 1. The van der Waals surface area contributed by atoms with Gasteiger partial charge in [0.05, 0.1) is 32.8 Å². The lowest BCUT2D eigenvalue weighted by Crippen LogP contribution is -2.48. The first-order valence-electron chi connectivity index (χ1n) is 9.23. The van der Waals surface area contributed by atoms with Crippen LogP contribution in [0.4, 0.5) is 5.69 Å². The summed E-state index contributed by atoms with van der Waals surface area (Å²) < 4.78 is 33.9. The fourth-order valence-electron chi connectivity index (χ4n) is 3.39. The SMILES string of the molecule is C[C@@H]1CN(S(=O)(=O)c2ccc(C(=O)Nc3ccc4ncsc4c3)cc2)C[C@@H](C)O1. The number of benzene rings is 2. The van der Waals surface area contributed by atoms with Gasteiger partial charge in [0.15, 0.2) is 0 Å². The summed E-state index contributed by atoms with van der Waals surface area (Å²) in [5.74, 6) is -0.300. The lowest BCUT2D eigenvalue weighted by Gasteiger charge is -2.34. The molecule has 7 nitrogen and oxygen atoms in total. The molecule has 2 atom stereocenters. The van der Waals surface area contributed by atoms with Crippen molar-refractivity contribution in [2.24, 2.45) is 0 Å². The third kappa shape index (κ3) is 4.18. The molecule has 4 rings (SSSR count). The fourth-order valence-corrected chi connectivity index (χ4v) is 5.70. The van der Waals surface area contributed by atoms with Crippen molar-refractivity contribution in [1.82, 2.24) is 9.29 Å². The van der Waals surface area contributed by atoms with E-state index in [0.29, 0.717) is 24.3 Å². The minimum absolute atomic E-state index is 0.158. The smallest absolute Gasteiger partial charge is 0.255 e. The van der Waals surface area contributed by atoms with Gasteiger partial charge in [0.1, 0.15) is 0 Å². The molecule has 1 saturated heterocycles. The van der Waals surface area contributed by atoms with E-state index < -0.39 is 10.0 Å². The summed E-state index contributed by atoms with van der Waals surface area (Å²) in [4.78, 5) is 16.9. The Morgan fingerprint density at radius 2 is 1.83 bits per heavy atom. The minimum atomic E-state index is -3.63. The molecule has 0 saturated carbocycles. The van der Waals surface area contributed by atoms with E-state index in [1.165, 1.54) is 39.9 Å². The summed E-state index contributed by atoms with van der Waals surface area (Å²) in [5, 5.41) is 2.84. The maximum atomic E-state index is 12.9. The highest BCUT2D eigenvalue weighted by Gasteiger charge is 2.32. The molecule has 0 bridgehead atoms. The number of hydrogen-bond acceptors (Lipinski definition) is 6. The zero-order chi connectivity index (χ0) is 20.6. The number of hydrogen-bond donors (Lipinski definition) is 1. The van der Waals surface area contributed by atoms with Gasteiger partial charge >= 0.3 is 0 Å². The van der Waals surface area contributed by atoms with Gasteiger partial charge in [-0.2, -0.15) is 4.31 Å². The van der Waals surface area contributed by atoms with E-state index in [-0.39, 0.29) is 23.0 Å². The average Bonchev–Trinajstić information content (AvgIpc) is 3.15. The van der Waals surface area contributed by atoms with Gasteiger partial charge in [-0.1, -0.05) is 0 Å². The van der Waals surface area contributed by atoms with Crippen molar-refractivity contribution >= 4 is 43.2 Å². The molecule has 0 aliphatic carbocycles. The number of amides is 1. The predicted molar refractivity (Wildman–Crippen MR) is 113 cm³/mol. The molecule has 1 aromatic heterocycles. The second-order valence-electron chi connectivity index (χ2n) is 7.09. The Bertz CT molecular complexity index is 1130. The van der Waals surface area contributed by atoms with Gasteiger partial charge < -0.3 is 10.1 Å². The second-order valence-corrected chi connectivity index (χ2v) is 9.92. The molecule has 1 aliphatic heterocycles. The molecule has 0 spiro atoms. The molecule has 2 aromatic carbocycles. The Balaban J connectivity index is 1.50. The number of thiazole rings is 1. The second kappa shape index (κ2) is 7.83. The van der Waals surface area contributed by atoms with E-state index >= 15 is 0 Å². The van der Waals surface area contributed by atoms with E-state index in [0.717, 1.165) is 10.2 Å². The van der Waals surface area contributed by atoms with E-state index in [1.54, 1.807) is 11.6 Å². The number of carbonyl (C=O) groups is 1. The molecule has 2 heterocycles. The summed E-state index contributed by atoms with van der Waals surface area (Å²) in [5.41, 5.74) is 3.69. The Morgan fingerprint density at radius 3 is 2.52 bits per heavy atom. The first kappa shape index (κ1) is 20.0. The predicted octanol–water partition coefficient (Wildman–Crippen LogP) is 3.35. The standard InChI is InChI=1S/C20H21N3O4S2/c1-13-10-23(11-14(2)27-13)29(25,26)17-6-3-15(4-7-17)20(24)22-16-5-8-18-19(9-16)28-12-21-18/h3-9,12-14H,10-11H2,1-2H3,(H,22,24)/t13-,14-/m1/s1. The van der Waals surface area contributed by atoms with Crippen molar-refractivity contribution in [2.75, 3.05) is 18.4 Å². The molecular formula is C20H21N3O4S2. The van der Waals surface area contributed by atoms with Crippen molar-refractivity contribution in [3.05, 3.63) is 53.5 Å². The molecule has 1 N–H and O–H groups in total. The first-order chi connectivity index (χ1) is 13.8. The zero-order valence-electron chi connectivity index (χ0n) is 16.0. The third-order valence-corrected chi connectivity index (χ3v) is 7.37. The van der Waals surface area contributed by atoms with Gasteiger partial charge in [0, 0.05) is 24.3 Å². The average molecular weight is 432 g/mol. The summed E-state index contributed by atoms with van der Waals surface area (Å²) >= 11 is 1.50. The molecule has 0 unspecified atom stereocenters. The number of aromatic nitrogens is 1. The molecule has 152 valence electrons. The molecular weight excluding hydrogens is 410 g/mol. The maximum Gasteiger partial charge on any atom is 0.255 e. The maximum absolute atomic E-state index is 12.9. The van der Waals surface area contributed by atoms with Crippen molar-refractivity contribution < 1.29 is 17.9 Å². The quantitative estimate of drug-likeness (QED) is 0.684. The Labute approximate surface area is 173 Å². The summed E-state index contributed by atoms with van der Waals surface area (Å²) in [7, 11) is -3.63. The van der Waals surface area contributed by atoms with Crippen LogP contribution in [0.5, 0.6) is 0 Å². The normalized spacial score (nSPS) is 20.6. The number of rotatable bonds is 4. The largest absolute Gasteiger partial charge is 0.373 e. The number of fused-ring (bicyclic) bond motifs is 1. The van der Waals surface area contributed by atoms with Gasteiger partial charge in [0.2, 0.25) is 10.0 Å². The number of anilines is 1. The van der Waals surface area contributed by atoms with E-state index in [2.05, 4.69) is 10.3 Å². The fraction of sp³-hybridized carbons (Fsp3) is 0.300. The van der Waals surface area contributed by atoms with Crippen LogP contribution in [-0.4, -0.2) is 48.9 Å². The van der Waals surface area contributed by atoms with Crippen LogP contribution < -0.4 is 5.32 Å². The van der Waals surface area contributed by atoms with Crippen LogP contribution in [0.15, 0.2) is 52.9 Å². The van der Waals surface area contributed by atoms with Crippen LogP contribution >= 0.6 is 11.3 Å². The summed E-state index contributed by atoms with van der Waals surface area (Å²) in [6, 6.07) is 11.5. The highest BCUT2D eigenvalue weighted by Crippen LogP contribution is 2.24. The number of morpholine rings is 1. The van der Waals surface area contributed by atoms with E-state index in [4.69, 9.17) is 4.74 Å². The minimum Gasteiger partial charge on any atom is -0.373 e. The highest BCUT2D eigenvalue weighted by molar-refractivity contribution is 7.89. The Kier molecular flexibility index (Phi) is 5.39. The van der Waals surface area contributed by atoms with Crippen molar-refractivity contribution in [1.29, 1.82) is 0 Å². The monoisotopic (exact) mass is 431 g/mol. The number of sulfonamides is 1. The molecule has 1 amide bonds.